The lowest BCUT2D eigenvalue weighted by Gasteiger charge is -2.33. The Balaban J connectivity index is 2.01. The van der Waals surface area contributed by atoms with Crippen LogP contribution in [0.15, 0.2) is 0 Å². The second-order valence-corrected chi connectivity index (χ2v) is 7.52. The molecule has 0 saturated carbocycles. The molecule has 0 bridgehead atoms. The molecular weight excluding hydrogens is 254 g/mol. The van der Waals surface area contributed by atoms with E-state index in [1.807, 2.05) is 13.8 Å². The van der Waals surface area contributed by atoms with Crippen molar-refractivity contribution in [2.45, 2.75) is 76.7 Å². The Bertz CT molecular complexity index is 330. The number of nitrogens with zero attached hydrogens (tertiary/aromatic N) is 1. The fraction of sp³-hybridized carbons (Fsp3) is 1.00. The van der Waals surface area contributed by atoms with Gasteiger partial charge in [-0.25, -0.2) is 0 Å². The highest BCUT2D eigenvalue weighted by atomic mass is 16.5. The van der Waals surface area contributed by atoms with Crippen molar-refractivity contribution >= 4 is 0 Å². The monoisotopic (exact) mass is 285 g/mol. The van der Waals surface area contributed by atoms with E-state index in [4.69, 9.17) is 9.84 Å². The number of hydrogen-bond donors (Lipinski definition) is 2. The van der Waals surface area contributed by atoms with Gasteiger partial charge in [-0.3, -0.25) is 4.90 Å². The highest BCUT2D eigenvalue weighted by Gasteiger charge is 2.53. The summed E-state index contributed by atoms with van der Waals surface area (Å²) < 4.78 is 6.07. The van der Waals surface area contributed by atoms with Crippen LogP contribution in [0.4, 0.5) is 0 Å². The normalized spacial score (nSPS) is 36.6. The number of aliphatic hydroxyl groups is 2. The van der Waals surface area contributed by atoms with Gasteiger partial charge < -0.3 is 14.9 Å². The first-order valence-electron chi connectivity index (χ1n) is 8.01. The number of hydrogen-bond acceptors (Lipinski definition) is 4. The highest BCUT2D eigenvalue weighted by molar-refractivity contribution is 5.03. The topological polar surface area (TPSA) is 52.9 Å². The zero-order chi connectivity index (χ0) is 15.0. The Morgan fingerprint density at radius 3 is 2.45 bits per heavy atom. The molecule has 2 fully saturated rings. The Labute approximate surface area is 123 Å². The molecule has 20 heavy (non-hydrogen) atoms. The van der Waals surface area contributed by atoms with Crippen LogP contribution >= 0.6 is 0 Å². The third-order valence-electron chi connectivity index (χ3n) is 5.14. The van der Waals surface area contributed by atoms with Crippen LogP contribution < -0.4 is 0 Å². The van der Waals surface area contributed by atoms with Crippen LogP contribution in [0.3, 0.4) is 0 Å². The third-order valence-corrected chi connectivity index (χ3v) is 5.14. The maximum atomic E-state index is 10.6. The van der Waals surface area contributed by atoms with E-state index in [-0.39, 0.29) is 18.1 Å². The van der Waals surface area contributed by atoms with Crippen LogP contribution in [0.5, 0.6) is 0 Å². The van der Waals surface area contributed by atoms with Gasteiger partial charge in [0.05, 0.1) is 17.3 Å². The largest absolute Gasteiger partial charge is 0.396 e. The Morgan fingerprint density at radius 2 is 1.90 bits per heavy atom. The molecule has 4 nitrogen and oxygen atoms in total. The van der Waals surface area contributed by atoms with E-state index in [9.17, 15) is 5.11 Å². The molecule has 0 spiro atoms. The van der Waals surface area contributed by atoms with Gasteiger partial charge in [0.1, 0.15) is 0 Å². The summed E-state index contributed by atoms with van der Waals surface area (Å²) in [6.45, 7) is 10.4. The molecule has 2 saturated heterocycles. The van der Waals surface area contributed by atoms with E-state index in [1.54, 1.807) is 0 Å². The molecule has 2 heterocycles. The maximum absolute atomic E-state index is 10.6. The van der Waals surface area contributed by atoms with E-state index in [0.29, 0.717) is 6.04 Å². The highest BCUT2D eigenvalue weighted by Crippen LogP contribution is 2.43. The lowest BCUT2D eigenvalue weighted by atomic mass is 9.84. The quantitative estimate of drug-likeness (QED) is 0.808. The van der Waals surface area contributed by atoms with Gasteiger partial charge in [-0.05, 0) is 59.9 Å². The summed E-state index contributed by atoms with van der Waals surface area (Å²) in [6.07, 6.45) is 3.96. The molecule has 2 rings (SSSR count). The summed E-state index contributed by atoms with van der Waals surface area (Å²) in [7, 11) is 0. The first-order chi connectivity index (χ1) is 9.28. The molecule has 0 aromatic rings. The van der Waals surface area contributed by atoms with Gasteiger partial charge in [0.25, 0.3) is 0 Å². The van der Waals surface area contributed by atoms with Gasteiger partial charge in [0, 0.05) is 25.1 Å². The van der Waals surface area contributed by atoms with Crippen molar-refractivity contribution < 1.29 is 14.9 Å². The first-order valence-corrected chi connectivity index (χ1v) is 8.01. The fourth-order valence-corrected chi connectivity index (χ4v) is 4.04. The Kier molecular flexibility index (Phi) is 4.80. The van der Waals surface area contributed by atoms with Crippen molar-refractivity contribution in [1.82, 2.24) is 4.90 Å². The summed E-state index contributed by atoms with van der Waals surface area (Å²) >= 11 is 0. The summed E-state index contributed by atoms with van der Waals surface area (Å²) in [5.41, 5.74) is -0.748. The van der Waals surface area contributed by atoms with Gasteiger partial charge in [0.15, 0.2) is 0 Å². The average Bonchev–Trinajstić information content (AvgIpc) is 2.83. The van der Waals surface area contributed by atoms with Crippen LogP contribution in [0.1, 0.15) is 53.4 Å². The molecule has 0 amide bonds. The zero-order valence-electron chi connectivity index (χ0n) is 13.4. The predicted octanol–water partition coefficient (Wildman–Crippen LogP) is 1.79. The minimum atomic E-state index is -0.464. The number of rotatable bonds is 5. The lowest BCUT2D eigenvalue weighted by Crippen LogP contribution is -2.45. The molecule has 3 unspecified atom stereocenters. The van der Waals surface area contributed by atoms with Gasteiger partial charge in [-0.1, -0.05) is 0 Å². The predicted molar refractivity (Wildman–Crippen MR) is 79.7 cm³/mol. The molecule has 2 aliphatic rings. The molecule has 118 valence electrons. The SMILES string of the molecule is CC1(C)OC(C)(C)C(CN2CCCC2CCCO)C1O. The fourth-order valence-electron chi connectivity index (χ4n) is 4.04. The van der Waals surface area contributed by atoms with Crippen LogP contribution in [-0.2, 0) is 4.74 Å². The summed E-state index contributed by atoms with van der Waals surface area (Å²) in [5, 5.41) is 19.6. The van der Waals surface area contributed by atoms with Gasteiger partial charge in [0.2, 0.25) is 0 Å². The lowest BCUT2D eigenvalue weighted by molar-refractivity contribution is -0.0914. The van der Waals surface area contributed by atoms with Crippen molar-refractivity contribution in [2.24, 2.45) is 5.92 Å². The second-order valence-electron chi connectivity index (χ2n) is 7.52. The van der Waals surface area contributed by atoms with E-state index in [1.165, 1.54) is 12.8 Å². The molecule has 0 aliphatic carbocycles. The van der Waals surface area contributed by atoms with Crippen LogP contribution in [-0.4, -0.2) is 58.2 Å². The maximum Gasteiger partial charge on any atom is 0.0896 e. The summed E-state index contributed by atoms with van der Waals surface area (Å²) in [5.74, 6) is 0.146. The van der Waals surface area contributed by atoms with Crippen molar-refractivity contribution in [1.29, 1.82) is 0 Å². The van der Waals surface area contributed by atoms with E-state index in [2.05, 4.69) is 18.7 Å². The first kappa shape index (κ1) is 16.2. The summed E-state index contributed by atoms with van der Waals surface area (Å²) in [4.78, 5) is 2.50. The van der Waals surface area contributed by atoms with Gasteiger partial charge in [-0.2, -0.15) is 0 Å². The van der Waals surface area contributed by atoms with Gasteiger partial charge >= 0.3 is 0 Å². The van der Waals surface area contributed by atoms with Crippen molar-refractivity contribution in [3.8, 4) is 0 Å². The molecule has 2 aliphatic heterocycles. The number of aliphatic hydroxyl groups excluding tert-OH is 2. The summed E-state index contributed by atoms with van der Waals surface area (Å²) in [6, 6.07) is 0.564. The molecule has 4 heteroatoms. The van der Waals surface area contributed by atoms with Crippen LogP contribution in [0.25, 0.3) is 0 Å². The number of ether oxygens (including phenoxy) is 1. The van der Waals surface area contributed by atoms with Crippen LogP contribution in [0, 0.1) is 5.92 Å². The minimum Gasteiger partial charge on any atom is -0.396 e. The zero-order valence-corrected chi connectivity index (χ0v) is 13.4. The van der Waals surface area contributed by atoms with Crippen LogP contribution in [0.2, 0.25) is 0 Å². The minimum absolute atomic E-state index is 0.146. The van der Waals surface area contributed by atoms with E-state index < -0.39 is 11.7 Å². The number of likely N-dealkylation sites (tertiary alicyclic amines) is 1. The van der Waals surface area contributed by atoms with E-state index in [0.717, 1.165) is 25.9 Å². The van der Waals surface area contributed by atoms with Gasteiger partial charge in [-0.15, -0.1) is 0 Å². The smallest absolute Gasteiger partial charge is 0.0896 e. The van der Waals surface area contributed by atoms with Crippen molar-refractivity contribution in [3.05, 3.63) is 0 Å². The molecule has 2 N–H and O–H groups in total. The van der Waals surface area contributed by atoms with Crippen molar-refractivity contribution in [3.63, 3.8) is 0 Å². The van der Waals surface area contributed by atoms with E-state index >= 15 is 0 Å². The molecule has 0 aromatic carbocycles. The second kappa shape index (κ2) is 5.91. The Hall–Kier alpha value is -0.160. The standard InChI is InChI=1S/C16H31NO3/c1-15(2)13(14(19)16(3,4)20-15)11-17-9-5-7-12(17)8-6-10-18/h12-14,18-19H,5-11H2,1-4H3. The molecular formula is C16H31NO3. The molecule has 0 radical (unpaired) electrons. The van der Waals surface area contributed by atoms with Crippen molar-refractivity contribution in [2.75, 3.05) is 19.7 Å². The third kappa shape index (κ3) is 3.19. The average molecular weight is 285 g/mol. The molecule has 0 aromatic heterocycles. The molecule has 3 atom stereocenters. The Morgan fingerprint density at radius 1 is 1.20 bits per heavy atom.